The molecule has 0 unspecified atom stereocenters. The number of nitrogens with zero attached hydrogens (tertiary/aromatic N) is 1. The fraction of sp³-hybridized carbons (Fsp3) is 0.231. The number of aromatic nitrogens is 2. The summed E-state index contributed by atoms with van der Waals surface area (Å²) in [4.78, 5) is 7.51. The lowest BCUT2D eigenvalue weighted by atomic mass is 10.1. The number of halogens is 1. The lowest BCUT2D eigenvalue weighted by molar-refractivity contribution is 0.936. The summed E-state index contributed by atoms with van der Waals surface area (Å²) in [5.41, 5.74) is 3.06. The van der Waals surface area contributed by atoms with Crippen molar-refractivity contribution >= 4 is 23.8 Å². The Kier molecular flexibility index (Phi) is 3.60. The molecule has 0 aliphatic carbocycles. The Morgan fingerprint density at radius 3 is 2.76 bits per heavy atom. The highest BCUT2D eigenvalue weighted by Gasteiger charge is 2.03. The van der Waals surface area contributed by atoms with Gasteiger partial charge < -0.3 is 4.98 Å². The van der Waals surface area contributed by atoms with Crippen LogP contribution >= 0.6 is 23.8 Å². The molecule has 0 amide bonds. The first kappa shape index (κ1) is 12.3. The van der Waals surface area contributed by atoms with Crippen molar-refractivity contribution in [2.75, 3.05) is 0 Å². The molecule has 0 bridgehead atoms. The summed E-state index contributed by atoms with van der Waals surface area (Å²) in [5, 5.41) is 0.761. The fourth-order valence-corrected chi connectivity index (χ4v) is 2.00. The van der Waals surface area contributed by atoms with E-state index in [9.17, 15) is 0 Å². The van der Waals surface area contributed by atoms with Gasteiger partial charge in [0, 0.05) is 17.1 Å². The van der Waals surface area contributed by atoms with Crippen molar-refractivity contribution < 1.29 is 0 Å². The summed E-state index contributed by atoms with van der Waals surface area (Å²) >= 11 is 11.3. The van der Waals surface area contributed by atoms with E-state index >= 15 is 0 Å². The summed E-state index contributed by atoms with van der Waals surface area (Å²) in [6.07, 6.45) is 0.830. The maximum atomic E-state index is 6.12. The normalized spacial score (nSPS) is 10.5. The molecule has 0 saturated heterocycles. The van der Waals surface area contributed by atoms with Crippen LogP contribution in [0.3, 0.4) is 0 Å². The van der Waals surface area contributed by atoms with Crippen LogP contribution < -0.4 is 0 Å². The van der Waals surface area contributed by atoms with Gasteiger partial charge in [0.05, 0.1) is 0 Å². The largest absolute Gasteiger partial charge is 0.343 e. The molecule has 17 heavy (non-hydrogen) atoms. The molecule has 1 heterocycles. The third-order valence-electron chi connectivity index (χ3n) is 2.61. The predicted octanol–water partition coefficient (Wildman–Crippen LogP) is 4.33. The number of hydrogen-bond acceptors (Lipinski definition) is 2. The van der Waals surface area contributed by atoms with Crippen LogP contribution in [0.2, 0.25) is 5.02 Å². The van der Waals surface area contributed by atoms with Crippen molar-refractivity contribution in [2.45, 2.75) is 20.3 Å². The Morgan fingerprint density at radius 2 is 2.12 bits per heavy atom. The van der Waals surface area contributed by atoms with Gasteiger partial charge >= 0.3 is 0 Å². The molecule has 4 heteroatoms. The third kappa shape index (κ3) is 2.73. The van der Waals surface area contributed by atoms with E-state index < -0.39 is 0 Å². The first-order valence-corrected chi connectivity index (χ1v) is 6.25. The minimum Gasteiger partial charge on any atom is -0.343 e. The van der Waals surface area contributed by atoms with Gasteiger partial charge in [-0.15, -0.1) is 0 Å². The van der Waals surface area contributed by atoms with Crippen molar-refractivity contribution in [3.8, 4) is 11.3 Å². The Bertz CT molecular complexity index is 605. The van der Waals surface area contributed by atoms with Crippen LogP contribution in [0.4, 0.5) is 0 Å². The molecule has 0 fully saturated rings. The van der Waals surface area contributed by atoms with Gasteiger partial charge in [0.15, 0.2) is 0 Å². The van der Waals surface area contributed by atoms with Gasteiger partial charge in [0.1, 0.15) is 10.5 Å². The van der Waals surface area contributed by atoms with E-state index in [4.69, 9.17) is 23.8 Å². The van der Waals surface area contributed by atoms with Crippen molar-refractivity contribution in [1.29, 1.82) is 0 Å². The van der Waals surface area contributed by atoms with Gasteiger partial charge in [0.2, 0.25) is 0 Å². The number of aryl methyl sites for hydroxylation is 2. The molecule has 1 aromatic carbocycles. The van der Waals surface area contributed by atoms with E-state index in [1.807, 2.05) is 38.1 Å². The number of H-pyrrole nitrogens is 1. The van der Waals surface area contributed by atoms with Crippen molar-refractivity contribution in [1.82, 2.24) is 9.97 Å². The molecule has 1 N–H and O–H groups in total. The lowest BCUT2D eigenvalue weighted by Crippen LogP contribution is -1.95. The predicted molar refractivity (Wildman–Crippen MR) is 74.0 cm³/mol. The molecule has 0 radical (unpaired) electrons. The number of benzene rings is 1. The molecule has 2 rings (SSSR count). The quantitative estimate of drug-likeness (QED) is 0.818. The van der Waals surface area contributed by atoms with Crippen LogP contribution in [-0.2, 0) is 6.42 Å². The Labute approximate surface area is 111 Å². The number of rotatable bonds is 2. The minimum atomic E-state index is 0.604. The Morgan fingerprint density at radius 1 is 1.35 bits per heavy atom. The van der Waals surface area contributed by atoms with Gasteiger partial charge in [-0.2, -0.15) is 0 Å². The molecule has 0 atom stereocenters. The maximum Gasteiger partial charge on any atom is 0.130 e. The molecule has 0 spiro atoms. The first-order chi connectivity index (χ1) is 8.10. The van der Waals surface area contributed by atoms with E-state index in [0.29, 0.717) is 4.64 Å². The SMILES string of the molecule is CCc1nc(=S)cc(-c2ccc(C)c(Cl)c2)[nH]1. The van der Waals surface area contributed by atoms with Crippen molar-refractivity contribution in [3.63, 3.8) is 0 Å². The van der Waals surface area contributed by atoms with Gasteiger partial charge in [-0.1, -0.05) is 42.9 Å². The zero-order valence-corrected chi connectivity index (χ0v) is 11.3. The summed E-state index contributed by atoms with van der Waals surface area (Å²) in [6.45, 7) is 4.03. The highest BCUT2D eigenvalue weighted by Crippen LogP contribution is 2.24. The van der Waals surface area contributed by atoms with Gasteiger partial charge in [0.25, 0.3) is 0 Å². The third-order valence-corrected chi connectivity index (χ3v) is 3.23. The second kappa shape index (κ2) is 4.98. The molecular formula is C13H13ClN2S. The van der Waals surface area contributed by atoms with Crippen LogP contribution in [-0.4, -0.2) is 9.97 Å². The van der Waals surface area contributed by atoms with Gasteiger partial charge in [-0.25, -0.2) is 4.98 Å². The standard InChI is InChI=1S/C13H13ClN2S/c1-3-12-15-11(7-13(17)16-12)9-5-4-8(2)10(14)6-9/h4-7H,3H2,1-2H3,(H,15,16,17). The molecule has 88 valence electrons. The zero-order chi connectivity index (χ0) is 12.4. The maximum absolute atomic E-state index is 6.12. The van der Waals surface area contributed by atoms with Crippen LogP contribution in [0.1, 0.15) is 18.3 Å². The van der Waals surface area contributed by atoms with Crippen molar-refractivity contribution in [2.24, 2.45) is 0 Å². The highest BCUT2D eigenvalue weighted by atomic mass is 35.5. The molecule has 0 aliphatic heterocycles. The second-order valence-corrected chi connectivity index (χ2v) is 4.72. The molecule has 1 aromatic heterocycles. The Hall–Kier alpha value is -1.19. The number of nitrogens with one attached hydrogen (secondary N) is 1. The average Bonchev–Trinajstić information content (AvgIpc) is 2.32. The Balaban J connectivity index is 2.55. The van der Waals surface area contributed by atoms with E-state index in [-0.39, 0.29) is 0 Å². The summed E-state index contributed by atoms with van der Waals surface area (Å²) in [6, 6.07) is 7.83. The van der Waals surface area contributed by atoms with Crippen molar-refractivity contribution in [3.05, 3.63) is 45.3 Å². The topological polar surface area (TPSA) is 28.7 Å². The van der Waals surface area contributed by atoms with Crippen LogP contribution in [0, 0.1) is 11.6 Å². The monoisotopic (exact) mass is 264 g/mol. The van der Waals surface area contributed by atoms with E-state index in [1.165, 1.54) is 0 Å². The zero-order valence-electron chi connectivity index (χ0n) is 9.75. The summed E-state index contributed by atoms with van der Waals surface area (Å²) in [5.74, 6) is 0.893. The van der Waals surface area contributed by atoms with E-state index in [2.05, 4.69) is 9.97 Å². The average molecular weight is 265 g/mol. The van der Waals surface area contributed by atoms with Crippen LogP contribution in [0.5, 0.6) is 0 Å². The first-order valence-electron chi connectivity index (χ1n) is 5.47. The molecular weight excluding hydrogens is 252 g/mol. The summed E-state index contributed by atoms with van der Waals surface area (Å²) < 4.78 is 0.604. The molecule has 2 nitrogen and oxygen atoms in total. The fourth-order valence-electron chi connectivity index (χ4n) is 1.59. The molecule has 0 aliphatic rings. The minimum absolute atomic E-state index is 0.604. The van der Waals surface area contributed by atoms with Crippen LogP contribution in [0.25, 0.3) is 11.3 Å². The second-order valence-electron chi connectivity index (χ2n) is 3.90. The van der Waals surface area contributed by atoms with E-state index in [0.717, 1.165) is 34.1 Å². The van der Waals surface area contributed by atoms with Gasteiger partial charge in [-0.3, -0.25) is 0 Å². The molecule has 0 saturated carbocycles. The van der Waals surface area contributed by atoms with Crippen LogP contribution in [0.15, 0.2) is 24.3 Å². The lowest BCUT2D eigenvalue weighted by Gasteiger charge is -2.06. The smallest absolute Gasteiger partial charge is 0.130 e. The summed E-state index contributed by atoms with van der Waals surface area (Å²) in [7, 11) is 0. The van der Waals surface area contributed by atoms with Gasteiger partial charge in [-0.05, 0) is 30.2 Å². The number of hydrogen-bond donors (Lipinski definition) is 1. The highest BCUT2D eigenvalue weighted by molar-refractivity contribution is 7.71. The molecule has 2 aromatic rings. The van der Waals surface area contributed by atoms with E-state index in [1.54, 1.807) is 0 Å². The number of aromatic amines is 1.